The van der Waals surface area contributed by atoms with E-state index in [-0.39, 0.29) is 5.41 Å². The van der Waals surface area contributed by atoms with Gasteiger partial charge in [-0.1, -0.05) is 60.7 Å². The van der Waals surface area contributed by atoms with E-state index in [1.807, 2.05) is 0 Å². The van der Waals surface area contributed by atoms with Crippen LogP contribution in [0.5, 0.6) is 0 Å². The van der Waals surface area contributed by atoms with Gasteiger partial charge in [-0.05, 0) is 68.8 Å². The van der Waals surface area contributed by atoms with Crippen LogP contribution in [-0.4, -0.2) is 74.1 Å². The molecule has 0 aromatic heterocycles. The highest BCUT2D eigenvalue weighted by Gasteiger charge is 2.52. The van der Waals surface area contributed by atoms with Crippen LogP contribution in [0.15, 0.2) is 94.9 Å². The first kappa shape index (κ1) is 22.1. The third-order valence-corrected chi connectivity index (χ3v) is 10.2. The maximum absolute atomic E-state index is 4.88. The summed E-state index contributed by atoms with van der Waals surface area (Å²) in [4.78, 5) is 19.5. The first-order valence-corrected chi connectivity index (χ1v) is 14.9. The number of nitrogens with zero attached hydrogens (tertiary/aromatic N) is 6. The van der Waals surface area contributed by atoms with Gasteiger partial charge in [0.25, 0.3) is 0 Å². The molecule has 6 heteroatoms. The maximum Gasteiger partial charge on any atom is 0.201 e. The highest BCUT2D eigenvalue weighted by atomic mass is 15.5. The van der Waals surface area contributed by atoms with Crippen molar-refractivity contribution in [3.05, 3.63) is 107 Å². The molecule has 6 aliphatic rings. The van der Waals surface area contributed by atoms with E-state index in [0.29, 0.717) is 0 Å². The zero-order chi connectivity index (χ0) is 26.7. The van der Waals surface area contributed by atoms with Crippen molar-refractivity contribution in [2.75, 3.05) is 62.2 Å². The summed E-state index contributed by atoms with van der Waals surface area (Å²) >= 11 is 0. The SMILES string of the molecule is c1ccc2c(c1)-c1ccccc1C21c2cc(N3CCN4CCN=C43)ccc2-c2ccc(N3CCN4CCN=C43)cc21. The van der Waals surface area contributed by atoms with Crippen LogP contribution in [0.3, 0.4) is 0 Å². The van der Waals surface area contributed by atoms with E-state index in [9.17, 15) is 0 Å². The number of guanidine groups is 2. The molecule has 41 heavy (non-hydrogen) atoms. The van der Waals surface area contributed by atoms with Crippen molar-refractivity contribution in [3.8, 4) is 22.3 Å². The van der Waals surface area contributed by atoms with E-state index in [1.54, 1.807) is 0 Å². The van der Waals surface area contributed by atoms with E-state index >= 15 is 0 Å². The molecule has 10 rings (SSSR count). The average molecular weight is 535 g/mol. The number of benzene rings is 4. The Labute approximate surface area is 239 Å². The van der Waals surface area contributed by atoms with Gasteiger partial charge in [0, 0.05) is 50.6 Å². The molecule has 6 nitrogen and oxygen atoms in total. The lowest BCUT2D eigenvalue weighted by Gasteiger charge is -2.32. The van der Waals surface area contributed by atoms with Crippen LogP contribution in [0.1, 0.15) is 22.3 Å². The Morgan fingerprint density at radius 1 is 0.463 bits per heavy atom. The Morgan fingerprint density at radius 3 is 1.44 bits per heavy atom. The smallest absolute Gasteiger partial charge is 0.201 e. The minimum Gasteiger partial charge on any atom is -0.339 e. The van der Waals surface area contributed by atoms with Crippen LogP contribution < -0.4 is 9.80 Å². The molecular formula is C35H30N6. The van der Waals surface area contributed by atoms with Crippen molar-refractivity contribution in [2.24, 2.45) is 9.98 Å². The molecule has 2 saturated heterocycles. The molecule has 4 aliphatic heterocycles. The zero-order valence-electron chi connectivity index (χ0n) is 22.9. The molecule has 200 valence electrons. The van der Waals surface area contributed by atoms with Gasteiger partial charge in [0.2, 0.25) is 11.9 Å². The Hall–Kier alpha value is -4.58. The van der Waals surface area contributed by atoms with Gasteiger partial charge < -0.3 is 19.6 Å². The molecule has 4 heterocycles. The van der Waals surface area contributed by atoms with E-state index in [0.717, 1.165) is 64.3 Å². The molecule has 0 radical (unpaired) electrons. The van der Waals surface area contributed by atoms with Crippen molar-refractivity contribution in [1.29, 1.82) is 0 Å². The van der Waals surface area contributed by atoms with Gasteiger partial charge in [-0.2, -0.15) is 0 Å². The van der Waals surface area contributed by atoms with Crippen molar-refractivity contribution >= 4 is 23.3 Å². The number of hydrogen-bond donors (Lipinski definition) is 0. The van der Waals surface area contributed by atoms with Crippen LogP contribution in [-0.2, 0) is 5.41 Å². The molecule has 4 aromatic carbocycles. The molecule has 0 amide bonds. The van der Waals surface area contributed by atoms with Crippen LogP contribution in [0.25, 0.3) is 22.3 Å². The molecule has 2 aliphatic carbocycles. The summed E-state index contributed by atoms with van der Waals surface area (Å²) in [6.45, 7) is 7.94. The minimum absolute atomic E-state index is 0.363. The van der Waals surface area contributed by atoms with Crippen molar-refractivity contribution in [1.82, 2.24) is 9.80 Å². The molecule has 0 unspecified atom stereocenters. The first-order chi connectivity index (χ1) is 20.3. The van der Waals surface area contributed by atoms with Crippen LogP contribution in [0.2, 0.25) is 0 Å². The standard InChI is InChI=1S/C35H30N6/c1-3-7-29-25(5-1)26-6-2-4-8-30(26)35(29)31-21-23(40-19-17-38-15-13-36-33(38)40)9-11-27(31)28-12-10-24(22-32(28)35)41-20-18-39-16-14-37-34(39)41/h1-12,21-22H,13-20H2. The van der Waals surface area contributed by atoms with E-state index < -0.39 is 0 Å². The monoisotopic (exact) mass is 534 g/mol. The van der Waals surface area contributed by atoms with Crippen LogP contribution in [0.4, 0.5) is 11.4 Å². The second-order valence-electron chi connectivity index (χ2n) is 11.9. The van der Waals surface area contributed by atoms with Gasteiger partial charge in [0.15, 0.2) is 0 Å². The highest BCUT2D eigenvalue weighted by molar-refractivity contribution is 6.03. The van der Waals surface area contributed by atoms with E-state index in [2.05, 4.69) is 105 Å². The molecule has 0 saturated carbocycles. The third kappa shape index (κ3) is 2.68. The summed E-state index contributed by atoms with van der Waals surface area (Å²) in [7, 11) is 0. The average Bonchev–Trinajstić information content (AvgIpc) is 3.84. The fourth-order valence-electron chi connectivity index (χ4n) is 8.46. The summed E-state index contributed by atoms with van der Waals surface area (Å²) in [5.41, 5.74) is 13.0. The van der Waals surface area contributed by atoms with Gasteiger partial charge in [-0.3, -0.25) is 9.98 Å². The van der Waals surface area contributed by atoms with Gasteiger partial charge >= 0.3 is 0 Å². The quantitative estimate of drug-likeness (QED) is 0.313. The highest BCUT2D eigenvalue weighted by Crippen LogP contribution is 2.63. The Kier molecular flexibility index (Phi) is 4.21. The fraction of sp³-hybridized carbons (Fsp3) is 0.257. The topological polar surface area (TPSA) is 37.7 Å². The summed E-state index contributed by atoms with van der Waals surface area (Å²) in [5.74, 6) is 2.28. The van der Waals surface area contributed by atoms with Gasteiger partial charge in [-0.25, -0.2) is 0 Å². The summed E-state index contributed by atoms with van der Waals surface area (Å²) in [5, 5.41) is 0. The van der Waals surface area contributed by atoms with Crippen LogP contribution in [0, 0.1) is 0 Å². The first-order valence-electron chi connectivity index (χ1n) is 14.9. The lowest BCUT2D eigenvalue weighted by Crippen LogP contribution is -2.31. The van der Waals surface area contributed by atoms with Crippen molar-refractivity contribution in [2.45, 2.75) is 5.41 Å². The summed E-state index contributed by atoms with van der Waals surface area (Å²) in [6.07, 6.45) is 0. The number of rotatable bonds is 2. The number of aliphatic imine (C=N–C) groups is 2. The predicted molar refractivity (Wildman–Crippen MR) is 165 cm³/mol. The van der Waals surface area contributed by atoms with Crippen molar-refractivity contribution < 1.29 is 0 Å². The molecule has 0 atom stereocenters. The predicted octanol–water partition coefficient (Wildman–Crippen LogP) is 5.01. The second kappa shape index (κ2) is 7.78. The number of anilines is 2. The zero-order valence-corrected chi connectivity index (χ0v) is 22.9. The Morgan fingerprint density at radius 2 is 0.927 bits per heavy atom. The van der Waals surface area contributed by atoms with Crippen molar-refractivity contribution in [3.63, 3.8) is 0 Å². The lowest BCUT2D eigenvalue weighted by atomic mass is 9.70. The molecule has 2 fully saturated rings. The van der Waals surface area contributed by atoms with Gasteiger partial charge in [-0.15, -0.1) is 0 Å². The normalized spacial score (nSPS) is 20.2. The van der Waals surface area contributed by atoms with Gasteiger partial charge in [0.1, 0.15) is 0 Å². The minimum atomic E-state index is -0.363. The molecule has 0 N–H and O–H groups in total. The Bertz CT molecular complexity index is 1720. The number of fused-ring (bicyclic) bond motifs is 12. The van der Waals surface area contributed by atoms with Crippen LogP contribution >= 0.6 is 0 Å². The maximum atomic E-state index is 4.88. The largest absolute Gasteiger partial charge is 0.339 e. The molecular weight excluding hydrogens is 504 g/mol. The lowest BCUT2D eigenvalue weighted by molar-refractivity contribution is 0.503. The fourth-order valence-corrected chi connectivity index (χ4v) is 8.46. The molecule has 4 aromatic rings. The third-order valence-electron chi connectivity index (χ3n) is 10.2. The number of hydrogen-bond acceptors (Lipinski definition) is 6. The van der Waals surface area contributed by atoms with Gasteiger partial charge in [0.05, 0.1) is 18.5 Å². The summed E-state index contributed by atoms with van der Waals surface area (Å²) in [6, 6.07) is 32.5. The second-order valence-corrected chi connectivity index (χ2v) is 11.9. The van der Waals surface area contributed by atoms with E-state index in [1.165, 1.54) is 55.9 Å². The summed E-state index contributed by atoms with van der Waals surface area (Å²) < 4.78 is 0. The Balaban J connectivity index is 1.24. The molecule has 1 spiro atoms. The van der Waals surface area contributed by atoms with E-state index in [4.69, 9.17) is 9.98 Å². The molecule has 0 bridgehead atoms.